The number of hydrogen-bond donors (Lipinski definition) is 2. The molecule has 0 saturated carbocycles. The molecule has 104 valence electrons. The van der Waals surface area contributed by atoms with Crippen LogP contribution in [0.1, 0.15) is 12.6 Å². The largest absolute Gasteiger partial charge is 0.379 e. The van der Waals surface area contributed by atoms with Gasteiger partial charge < -0.3 is 15.2 Å². The van der Waals surface area contributed by atoms with E-state index < -0.39 is 0 Å². The van der Waals surface area contributed by atoms with Gasteiger partial charge >= 0.3 is 0 Å². The lowest BCUT2D eigenvalue weighted by Gasteiger charge is -2.17. The number of anilines is 2. The number of hydrogen-bond acceptors (Lipinski definition) is 3. The van der Waals surface area contributed by atoms with Crippen molar-refractivity contribution in [3.63, 3.8) is 0 Å². The minimum atomic E-state index is 0.0690. The molecule has 1 aromatic heterocycles. The summed E-state index contributed by atoms with van der Waals surface area (Å²) >= 11 is 1.58. The highest BCUT2D eigenvalue weighted by Crippen LogP contribution is 2.33. The van der Waals surface area contributed by atoms with E-state index in [1.807, 2.05) is 6.07 Å². The first-order valence-electron chi connectivity index (χ1n) is 6.71. The first-order valence-corrected chi connectivity index (χ1v) is 7.69. The van der Waals surface area contributed by atoms with Gasteiger partial charge in [0.25, 0.3) is 0 Å². The third-order valence-corrected chi connectivity index (χ3v) is 4.42. The summed E-state index contributed by atoms with van der Waals surface area (Å²) in [7, 11) is 0. The van der Waals surface area contributed by atoms with Gasteiger partial charge in [-0.15, -0.1) is 11.8 Å². The predicted octanol–water partition coefficient (Wildman–Crippen LogP) is 3.16. The highest BCUT2D eigenvalue weighted by molar-refractivity contribution is 8.00. The smallest absolute Gasteiger partial charge is 0.234 e. The minimum absolute atomic E-state index is 0.0690. The number of fused-ring (bicyclic) bond motifs is 1. The molecule has 20 heavy (non-hydrogen) atoms. The van der Waals surface area contributed by atoms with Crippen LogP contribution in [0.3, 0.4) is 0 Å². The molecule has 0 unspecified atom stereocenters. The summed E-state index contributed by atoms with van der Waals surface area (Å²) in [5, 5.41) is 6.32. The van der Waals surface area contributed by atoms with Gasteiger partial charge in [0.05, 0.1) is 18.0 Å². The van der Waals surface area contributed by atoms with Crippen molar-refractivity contribution in [3.05, 3.63) is 42.2 Å². The topological polar surface area (TPSA) is 46.1 Å². The predicted molar refractivity (Wildman–Crippen MR) is 83.2 cm³/mol. The van der Waals surface area contributed by atoms with E-state index in [2.05, 4.69) is 52.6 Å². The Hall–Kier alpha value is -1.88. The van der Waals surface area contributed by atoms with Crippen molar-refractivity contribution in [1.82, 2.24) is 4.57 Å². The molecule has 0 aliphatic carbocycles. The van der Waals surface area contributed by atoms with Crippen LogP contribution < -0.4 is 10.6 Å². The lowest BCUT2D eigenvalue weighted by Crippen LogP contribution is -2.18. The molecule has 3 rings (SSSR count). The number of carbonyl (C=O) groups is 1. The number of aryl methyl sites for hydroxylation is 1. The maximum atomic E-state index is 11.4. The second-order valence-electron chi connectivity index (χ2n) is 4.69. The summed E-state index contributed by atoms with van der Waals surface area (Å²) in [5.41, 5.74) is 3.18. The van der Waals surface area contributed by atoms with E-state index >= 15 is 0 Å². The number of rotatable bonds is 4. The van der Waals surface area contributed by atoms with Gasteiger partial charge in [-0.05, 0) is 37.3 Å². The van der Waals surface area contributed by atoms with Crippen molar-refractivity contribution in [3.8, 4) is 0 Å². The number of amides is 1. The monoisotopic (exact) mass is 287 g/mol. The number of nitrogens with one attached hydrogen (secondary N) is 2. The Balaban J connectivity index is 1.72. The molecule has 0 spiro atoms. The molecule has 4 nitrogen and oxygen atoms in total. The van der Waals surface area contributed by atoms with Gasteiger partial charge in [-0.25, -0.2) is 0 Å². The van der Waals surface area contributed by atoms with Gasteiger partial charge in [-0.2, -0.15) is 0 Å². The van der Waals surface area contributed by atoms with E-state index in [0.717, 1.165) is 29.4 Å². The summed E-state index contributed by atoms with van der Waals surface area (Å²) in [4.78, 5) is 12.5. The summed E-state index contributed by atoms with van der Waals surface area (Å²) in [6.07, 6.45) is 2.08. The molecule has 2 heterocycles. The van der Waals surface area contributed by atoms with E-state index in [1.54, 1.807) is 11.8 Å². The first kappa shape index (κ1) is 13.1. The molecule has 1 aliphatic rings. The molecular weight excluding hydrogens is 270 g/mol. The van der Waals surface area contributed by atoms with Crippen LogP contribution in [0.4, 0.5) is 11.4 Å². The Morgan fingerprint density at radius 3 is 3.15 bits per heavy atom. The zero-order valence-electron chi connectivity index (χ0n) is 11.3. The summed E-state index contributed by atoms with van der Waals surface area (Å²) in [5.74, 6) is 0.573. The highest BCUT2D eigenvalue weighted by Gasteiger charge is 2.15. The van der Waals surface area contributed by atoms with Crippen LogP contribution in [-0.4, -0.2) is 16.2 Å². The van der Waals surface area contributed by atoms with Crippen molar-refractivity contribution in [2.45, 2.75) is 24.9 Å². The van der Waals surface area contributed by atoms with E-state index in [1.165, 1.54) is 5.69 Å². The number of thioether (sulfide) groups is 1. The third kappa shape index (κ3) is 2.67. The summed E-state index contributed by atoms with van der Waals surface area (Å²) in [6, 6.07) is 10.3. The average Bonchev–Trinajstić information content (AvgIpc) is 2.92. The Morgan fingerprint density at radius 2 is 2.30 bits per heavy atom. The van der Waals surface area contributed by atoms with Crippen molar-refractivity contribution in [1.29, 1.82) is 0 Å². The van der Waals surface area contributed by atoms with Gasteiger partial charge in [0, 0.05) is 29.0 Å². The normalized spacial score (nSPS) is 13.8. The third-order valence-electron chi connectivity index (χ3n) is 3.35. The first-order chi connectivity index (χ1) is 9.76. The Kier molecular flexibility index (Phi) is 3.69. The molecule has 1 amide bonds. The van der Waals surface area contributed by atoms with Crippen molar-refractivity contribution in [2.24, 2.45) is 0 Å². The van der Waals surface area contributed by atoms with Gasteiger partial charge in [-0.3, -0.25) is 4.79 Å². The molecular formula is C15H17N3OS. The van der Waals surface area contributed by atoms with Crippen molar-refractivity contribution >= 4 is 29.0 Å². The lowest BCUT2D eigenvalue weighted by molar-refractivity contribution is -0.113. The van der Waals surface area contributed by atoms with Crippen LogP contribution in [-0.2, 0) is 17.9 Å². The zero-order chi connectivity index (χ0) is 13.9. The maximum absolute atomic E-state index is 11.4. The van der Waals surface area contributed by atoms with Gasteiger partial charge in [0.15, 0.2) is 0 Å². The van der Waals surface area contributed by atoms with Crippen LogP contribution in [0.2, 0.25) is 0 Å². The molecule has 0 atom stereocenters. The van der Waals surface area contributed by atoms with Crippen LogP contribution >= 0.6 is 11.8 Å². The van der Waals surface area contributed by atoms with Crippen LogP contribution in [0.25, 0.3) is 0 Å². The molecule has 2 aromatic rings. The highest BCUT2D eigenvalue weighted by atomic mass is 32.2. The fraction of sp³-hybridized carbons (Fsp3) is 0.267. The number of carbonyl (C=O) groups excluding carboxylic acids is 1. The van der Waals surface area contributed by atoms with Gasteiger partial charge in [0.2, 0.25) is 5.91 Å². The number of aromatic nitrogens is 1. The van der Waals surface area contributed by atoms with E-state index in [9.17, 15) is 4.79 Å². The molecule has 0 radical (unpaired) electrons. The SMILES string of the molecule is CCn1cccc1CNc1ccc2c(c1)NC(=O)CS2. The van der Waals surface area contributed by atoms with E-state index in [-0.39, 0.29) is 5.91 Å². The molecule has 5 heteroatoms. The fourth-order valence-corrected chi connectivity index (χ4v) is 3.09. The number of nitrogens with zero attached hydrogens (tertiary/aromatic N) is 1. The van der Waals surface area contributed by atoms with Crippen LogP contribution in [0, 0.1) is 0 Å². The second kappa shape index (κ2) is 5.63. The van der Waals surface area contributed by atoms with Crippen molar-refractivity contribution in [2.75, 3.05) is 16.4 Å². The molecule has 1 aliphatic heterocycles. The quantitative estimate of drug-likeness (QED) is 0.908. The number of benzene rings is 1. The summed E-state index contributed by atoms with van der Waals surface area (Å²) in [6.45, 7) is 3.89. The second-order valence-corrected chi connectivity index (χ2v) is 5.70. The van der Waals surface area contributed by atoms with Crippen molar-refractivity contribution < 1.29 is 4.79 Å². The summed E-state index contributed by atoms with van der Waals surface area (Å²) < 4.78 is 2.21. The molecule has 0 bridgehead atoms. The Bertz CT molecular complexity index is 636. The molecule has 1 aromatic carbocycles. The van der Waals surface area contributed by atoms with Crippen LogP contribution in [0.5, 0.6) is 0 Å². The van der Waals surface area contributed by atoms with E-state index in [4.69, 9.17) is 0 Å². The van der Waals surface area contributed by atoms with Gasteiger partial charge in [0.1, 0.15) is 0 Å². The molecule has 2 N–H and O–H groups in total. The van der Waals surface area contributed by atoms with E-state index in [0.29, 0.717) is 5.75 Å². The minimum Gasteiger partial charge on any atom is -0.379 e. The Morgan fingerprint density at radius 1 is 1.40 bits per heavy atom. The zero-order valence-corrected chi connectivity index (χ0v) is 12.2. The molecule has 0 fully saturated rings. The average molecular weight is 287 g/mol. The molecule has 0 saturated heterocycles. The Labute approximate surface area is 122 Å². The van der Waals surface area contributed by atoms with Gasteiger partial charge in [-0.1, -0.05) is 0 Å². The fourth-order valence-electron chi connectivity index (χ4n) is 2.30. The van der Waals surface area contributed by atoms with Crippen LogP contribution in [0.15, 0.2) is 41.4 Å². The maximum Gasteiger partial charge on any atom is 0.234 e. The standard InChI is InChI=1S/C15H17N3OS/c1-2-18-7-3-4-12(18)9-16-11-5-6-14-13(8-11)17-15(19)10-20-14/h3-8,16H,2,9-10H2,1H3,(H,17,19). The lowest BCUT2D eigenvalue weighted by atomic mass is 10.2.